The van der Waals surface area contributed by atoms with Crippen molar-refractivity contribution < 1.29 is 4.79 Å². The van der Waals surface area contributed by atoms with E-state index in [1.807, 2.05) is 30.3 Å². The molecule has 1 atom stereocenters. The maximum atomic E-state index is 10.8. The molecule has 1 unspecified atom stereocenters. The van der Waals surface area contributed by atoms with Gasteiger partial charge in [-0.05, 0) is 12.1 Å². The van der Waals surface area contributed by atoms with Crippen LogP contribution in [-0.4, -0.2) is 12.1 Å². The van der Waals surface area contributed by atoms with Gasteiger partial charge in [0.25, 0.3) is 0 Å². The first-order valence-corrected chi connectivity index (χ1v) is 4.19. The van der Waals surface area contributed by atoms with Crippen LogP contribution in [0.1, 0.15) is 0 Å². The number of carbonyl (C=O) groups excluding carboxylic acids is 1. The van der Waals surface area contributed by atoms with Gasteiger partial charge in [0.15, 0.2) is 0 Å². The van der Waals surface area contributed by atoms with Gasteiger partial charge in [-0.1, -0.05) is 18.2 Å². The number of carbonyl (C=O) groups is 1. The zero-order valence-corrected chi connectivity index (χ0v) is 7.23. The predicted molar refractivity (Wildman–Crippen MR) is 49.6 cm³/mol. The van der Waals surface area contributed by atoms with Crippen molar-refractivity contribution in [2.24, 2.45) is 0 Å². The minimum absolute atomic E-state index is 0.0150. The molecule has 0 radical (unpaired) electrons. The monoisotopic (exact) mass is 167 g/mol. The Morgan fingerprint density at radius 1 is 1.36 bits per heavy atom. The minimum Gasteiger partial charge on any atom is -0.326 e. The highest BCUT2D eigenvalue weighted by Gasteiger charge is 1.95. The number of anilines is 1. The Hall–Kier alpha value is -0.880. The molecule has 58 valence electrons. The number of para-hydroxylation sites is 1. The molecule has 2 nitrogen and oxygen atoms in total. The highest BCUT2D eigenvalue weighted by molar-refractivity contribution is 7.18. The van der Waals surface area contributed by atoms with Crippen molar-refractivity contribution in [2.45, 2.75) is 0 Å². The summed E-state index contributed by atoms with van der Waals surface area (Å²) < 4.78 is 0. The number of nitrogens with one attached hydrogen (secondary N) is 1. The summed E-state index contributed by atoms with van der Waals surface area (Å²) in [5, 5.41) is 2.73. The van der Waals surface area contributed by atoms with Gasteiger partial charge in [-0.15, -0.1) is 9.24 Å². The largest absolute Gasteiger partial charge is 0.326 e. The topological polar surface area (TPSA) is 29.1 Å². The molecule has 0 saturated heterocycles. The molecule has 1 aromatic carbocycles. The number of amides is 1. The second-order valence-electron chi connectivity index (χ2n) is 2.12. The van der Waals surface area contributed by atoms with E-state index in [4.69, 9.17) is 0 Å². The number of hydrogen-bond donors (Lipinski definition) is 1. The molecule has 0 saturated carbocycles. The maximum Gasteiger partial charge on any atom is 0.228 e. The number of benzene rings is 1. The van der Waals surface area contributed by atoms with Crippen molar-refractivity contribution >= 4 is 20.8 Å². The Labute approximate surface area is 68.2 Å². The van der Waals surface area contributed by atoms with Crippen molar-refractivity contribution in [3.05, 3.63) is 30.3 Å². The van der Waals surface area contributed by atoms with Crippen LogP contribution in [0.25, 0.3) is 0 Å². The lowest BCUT2D eigenvalue weighted by molar-refractivity contribution is -0.113. The van der Waals surface area contributed by atoms with E-state index in [0.717, 1.165) is 5.69 Å². The third kappa shape index (κ3) is 2.69. The molecule has 0 spiro atoms. The van der Waals surface area contributed by atoms with Gasteiger partial charge in [-0.25, -0.2) is 0 Å². The smallest absolute Gasteiger partial charge is 0.228 e. The summed E-state index contributed by atoms with van der Waals surface area (Å²) in [6, 6.07) is 9.41. The van der Waals surface area contributed by atoms with Gasteiger partial charge in [0.2, 0.25) is 5.91 Å². The molecule has 0 fully saturated rings. The maximum absolute atomic E-state index is 10.8. The highest BCUT2D eigenvalue weighted by Crippen LogP contribution is 2.04. The van der Waals surface area contributed by atoms with Crippen LogP contribution < -0.4 is 5.32 Å². The minimum atomic E-state index is 0.0150. The summed E-state index contributed by atoms with van der Waals surface area (Å²) in [5.74, 6) is 0.0150. The van der Waals surface area contributed by atoms with Gasteiger partial charge < -0.3 is 5.32 Å². The zero-order valence-electron chi connectivity index (χ0n) is 6.08. The van der Waals surface area contributed by atoms with Crippen LogP contribution >= 0.6 is 9.24 Å². The van der Waals surface area contributed by atoms with E-state index in [-0.39, 0.29) is 5.91 Å². The predicted octanol–water partition coefficient (Wildman–Crippen LogP) is 1.50. The first-order chi connectivity index (χ1) is 5.33. The fourth-order valence-electron chi connectivity index (χ4n) is 0.734. The average Bonchev–Trinajstić information content (AvgIpc) is 2.06. The van der Waals surface area contributed by atoms with Crippen molar-refractivity contribution in [1.82, 2.24) is 0 Å². The van der Waals surface area contributed by atoms with Crippen LogP contribution in [-0.2, 0) is 4.79 Å². The van der Waals surface area contributed by atoms with E-state index in [0.29, 0.717) is 6.16 Å². The first kappa shape index (κ1) is 8.22. The molecule has 1 amide bonds. The molecule has 0 aliphatic rings. The molecule has 0 aliphatic heterocycles. The van der Waals surface area contributed by atoms with E-state index in [1.54, 1.807) is 0 Å². The standard InChI is InChI=1S/C8H10NOP/c10-8(6-11)9-7-4-2-1-3-5-7/h1-5H,6,11H2,(H,9,10). The normalized spacial score (nSPS) is 9.18. The number of rotatable bonds is 2. The Morgan fingerprint density at radius 3 is 2.55 bits per heavy atom. The fourth-order valence-corrected chi connectivity index (χ4v) is 0.836. The van der Waals surface area contributed by atoms with Crippen LogP contribution in [0.2, 0.25) is 0 Å². The highest BCUT2D eigenvalue weighted by atomic mass is 31.0. The molecule has 1 rings (SSSR count). The van der Waals surface area contributed by atoms with Gasteiger partial charge in [0.1, 0.15) is 0 Å². The second kappa shape index (κ2) is 4.09. The van der Waals surface area contributed by atoms with Gasteiger partial charge in [-0.2, -0.15) is 0 Å². The Morgan fingerprint density at radius 2 is 2.00 bits per heavy atom. The van der Waals surface area contributed by atoms with Crippen LogP contribution in [0, 0.1) is 0 Å². The summed E-state index contributed by atoms with van der Waals surface area (Å²) >= 11 is 0. The SMILES string of the molecule is O=C(CP)Nc1ccccc1. The lowest BCUT2D eigenvalue weighted by atomic mass is 10.3. The van der Waals surface area contributed by atoms with Gasteiger partial charge >= 0.3 is 0 Å². The Bertz CT molecular complexity index is 235. The van der Waals surface area contributed by atoms with Crippen LogP contribution in [0.5, 0.6) is 0 Å². The van der Waals surface area contributed by atoms with E-state index in [9.17, 15) is 4.79 Å². The summed E-state index contributed by atoms with van der Waals surface area (Å²) in [6.07, 6.45) is 0.439. The molecule has 0 aromatic heterocycles. The van der Waals surface area contributed by atoms with Crippen molar-refractivity contribution in [2.75, 3.05) is 11.5 Å². The van der Waals surface area contributed by atoms with Crippen molar-refractivity contribution in [1.29, 1.82) is 0 Å². The van der Waals surface area contributed by atoms with Gasteiger partial charge in [0.05, 0.1) is 0 Å². The molecule has 1 N–H and O–H groups in total. The van der Waals surface area contributed by atoms with E-state index >= 15 is 0 Å². The van der Waals surface area contributed by atoms with Gasteiger partial charge in [-0.3, -0.25) is 4.79 Å². The molecule has 3 heteroatoms. The van der Waals surface area contributed by atoms with Gasteiger partial charge in [0, 0.05) is 11.8 Å². The van der Waals surface area contributed by atoms with Crippen LogP contribution in [0.15, 0.2) is 30.3 Å². The van der Waals surface area contributed by atoms with E-state index in [1.165, 1.54) is 0 Å². The number of hydrogen-bond acceptors (Lipinski definition) is 1. The summed E-state index contributed by atoms with van der Waals surface area (Å²) in [4.78, 5) is 10.8. The summed E-state index contributed by atoms with van der Waals surface area (Å²) in [5.41, 5.74) is 0.847. The molecular formula is C8H10NOP. The van der Waals surface area contributed by atoms with E-state index < -0.39 is 0 Å². The summed E-state index contributed by atoms with van der Waals surface area (Å²) in [6.45, 7) is 0. The van der Waals surface area contributed by atoms with Crippen molar-refractivity contribution in [3.63, 3.8) is 0 Å². The fraction of sp³-hybridized carbons (Fsp3) is 0.125. The van der Waals surface area contributed by atoms with Crippen LogP contribution in [0.4, 0.5) is 5.69 Å². The van der Waals surface area contributed by atoms with Crippen molar-refractivity contribution in [3.8, 4) is 0 Å². The third-order valence-corrected chi connectivity index (χ3v) is 1.61. The summed E-state index contributed by atoms with van der Waals surface area (Å²) in [7, 11) is 2.38. The molecule has 11 heavy (non-hydrogen) atoms. The second-order valence-corrected chi connectivity index (χ2v) is 2.53. The third-order valence-electron chi connectivity index (χ3n) is 1.24. The van der Waals surface area contributed by atoms with Crippen LogP contribution in [0.3, 0.4) is 0 Å². The molecule has 0 heterocycles. The molecule has 0 bridgehead atoms. The van der Waals surface area contributed by atoms with E-state index in [2.05, 4.69) is 14.6 Å². The Kier molecular flexibility index (Phi) is 3.06. The average molecular weight is 167 g/mol. The zero-order chi connectivity index (χ0) is 8.10. The lowest BCUT2D eigenvalue weighted by Crippen LogP contribution is -2.11. The molecule has 1 aromatic rings. The lowest BCUT2D eigenvalue weighted by Gasteiger charge is -2.00. The molecular weight excluding hydrogens is 157 g/mol. The Balaban J connectivity index is 2.58. The quantitative estimate of drug-likeness (QED) is 0.664. The first-order valence-electron chi connectivity index (χ1n) is 3.38. The molecule has 0 aliphatic carbocycles.